The van der Waals surface area contributed by atoms with E-state index in [2.05, 4.69) is 5.32 Å². The second-order valence-corrected chi connectivity index (χ2v) is 5.94. The zero-order chi connectivity index (χ0) is 17.1. The molecule has 0 spiro atoms. The van der Waals surface area contributed by atoms with Gasteiger partial charge in [-0.3, -0.25) is 19.8 Å². The molecule has 0 aliphatic carbocycles. The van der Waals surface area contributed by atoms with Crippen LogP contribution in [0.4, 0.5) is 10.5 Å². The van der Waals surface area contributed by atoms with Crippen molar-refractivity contribution >= 4 is 23.5 Å². The first kappa shape index (κ1) is 16.4. The number of benzene rings is 1. The van der Waals surface area contributed by atoms with Gasteiger partial charge in [0.2, 0.25) is 5.91 Å². The fourth-order valence-electron chi connectivity index (χ4n) is 3.13. The Kier molecular flexibility index (Phi) is 4.80. The number of likely N-dealkylation sites (tertiary alicyclic amines) is 1. The number of urea groups is 1. The van der Waals surface area contributed by atoms with Crippen LogP contribution < -0.4 is 10.2 Å². The van der Waals surface area contributed by atoms with E-state index in [9.17, 15) is 14.4 Å². The van der Waals surface area contributed by atoms with Crippen molar-refractivity contribution in [2.75, 3.05) is 31.2 Å². The highest BCUT2D eigenvalue weighted by Crippen LogP contribution is 2.23. The Labute approximate surface area is 140 Å². The molecule has 7 nitrogen and oxygen atoms in total. The summed E-state index contributed by atoms with van der Waals surface area (Å²) in [6.45, 7) is 3.90. The SMILES string of the molecule is CCOCC1CCCN1C(=O)c1ccc(N2CC(=O)NC2=O)cc1. The van der Waals surface area contributed by atoms with Gasteiger partial charge in [0.25, 0.3) is 5.91 Å². The Balaban J connectivity index is 1.70. The summed E-state index contributed by atoms with van der Waals surface area (Å²) >= 11 is 0. The first-order chi connectivity index (χ1) is 11.6. The molecule has 2 heterocycles. The molecule has 1 atom stereocenters. The summed E-state index contributed by atoms with van der Waals surface area (Å²) in [5, 5.41) is 2.23. The Morgan fingerprint density at radius 2 is 2.04 bits per heavy atom. The zero-order valence-electron chi connectivity index (χ0n) is 13.7. The molecule has 1 unspecified atom stereocenters. The van der Waals surface area contributed by atoms with Gasteiger partial charge >= 0.3 is 6.03 Å². The van der Waals surface area contributed by atoms with Crippen molar-refractivity contribution < 1.29 is 19.1 Å². The summed E-state index contributed by atoms with van der Waals surface area (Å²) in [5.41, 5.74) is 1.18. The lowest BCUT2D eigenvalue weighted by atomic mass is 10.1. The molecule has 0 bridgehead atoms. The number of ether oxygens (including phenoxy) is 1. The van der Waals surface area contributed by atoms with Gasteiger partial charge in [0.15, 0.2) is 0 Å². The fraction of sp³-hybridized carbons (Fsp3) is 0.471. The van der Waals surface area contributed by atoms with Crippen molar-refractivity contribution in [1.29, 1.82) is 0 Å². The van der Waals surface area contributed by atoms with Crippen LogP contribution >= 0.6 is 0 Å². The summed E-state index contributed by atoms with van der Waals surface area (Å²) in [4.78, 5) is 38.8. The smallest absolute Gasteiger partial charge is 0.329 e. The van der Waals surface area contributed by atoms with Gasteiger partial charge in [-0.15, -0.1) is 0 Å². The molecule has 3 rings (SSSR count). The van der Waals surface area contributed by atoms with E-state index in [-0.39, 0.29) is 24.4 Å². The first-order valence-corrected chi connectivity index (χ1v) is 8.20. The van der Waals surface area contributed by atoms with Gasteiger partial charge < -0.3 is 9.64 Å². The lowest BCUT2D eigenvalue weighted by Gasteiger charge is -2.24. The number of carbonyl (C=O) groups is 3. The Hall–Kier alpha value is -2.41. The molecule has 1 aromatic rings. The van der Waals surface area contributed by atoms with Gasteiger partial charge in [-0.05, 0) is 44.0 Å². The standard InChI is InChI=1S/C17H21N3O4/c1-2-24-11-14-4-3-9-19(14)16(22)12-5-7-13(8-6-12)20-10-15(21)18-17(20)23/h5-8,14H,2-4,9-11H2,1H3,(H,18,21,23). The fourth-order valence-corrected chi connectivity index (χ4v) is 3.13. The van der Waals surface area contributed by atoms with E-state index >= 15 is 0 Å². The molecule has 2 saturated heterocycles. The summed E-state index contributed by atoms with van der Waals surface area (Å²) < 4.78 is 5.47. The van der Waals surface area contributed by atoms with Crippen LogP contribution in [-0.2, 0) is 9.53 Å². The molecule has 7 heteroatoms. The minimum absolute atomic E-state index is 0.00861. The molecule has 1 aromatic carbocycles. The highest BCUT2D eigenvalue weighted by Gasteiger charge is 2.30. The number of amides is 4. The third-order valence-corrected chi connectivity index (χ3v) is 4.37. The molecule has 2 fully saturated rings. The highest BCUT2D eigenvalue weighted by molar-refractivity contribution is 6.12. The number of hydrogen-bond acceptors (Lipinski definition) is 4. The normalized spacial score (nSPS) is 20.6. The topological polar surface area (TPSA) is 79.0 Å². The predicted molar refractivity (Wildman–Crippen MR) is 87.9 cm³/mol. The van der Waals surface area contributed by atoms with Crippen LogP contribution in [0.5, 0.6) is 0 Å². The molecule has 0 aromatic heterocycles. The monoisotopic (exact) mass is 331 g/mol. The van der Waals surface area contributed by atoms with E-state index in [1.165, 1.54) is 4.90 Å². The van der Waals surface area contributed by atoms with Crippen LogP contribution in [0.25, 0.3) is 0 Å². The Bertz CT molecular complexity index is 644. The molecular formula is C17H21N3O4. The van der Waals surface area contributed by atoms with Gasteiger partial charge in [0, 0.05) is 24.4 Å². The van der Waals surface area contributed by atoms with Crippen molar-refractivity contribution in [3.05, 3.63) is 29.8 Å². The van der Waals surface area contributed by atoms with Crippen LogP contribution in [0.15, 0.2) is 24.3 Å². The van der Waals surface area contributed by atoms with Gasteiger partial charge in [-0.25, -0.2) is 4.79 Å². The molecule has 2 aliphatic rings. The minimum Gasteiger partial charge on any atom is -0.380 e. The van der Waals surface area contributed by atoms with Crippen LogP contribution in [0.2, 0.25) is 0 Å². The van der Waals surface area contributed by atoms with Crippen LogP contribution in [-0.4, -0.2) is 55.1 Å². The number of hydrogen-bond donors (Lipinski definition) is 1. The van der Waals surface area contributed by atoms with Crippen LogP contribution in [0, 0.1) is 0 Å². The average Bonchev–Trinajstić information content (AvgIpc) is 3.18. The molecule has 128 valence electrons. The molecule has 1 N–H and O–H groups in total. The molecule has 2 aliphatic heterocycles. The Morgan fingerprint density at radius 1 is 1.29 bits per heavy atom. The summed E-state index contributed by atoms with van der Waals surface area (Å²) in [6, 6.07) is 6.47. The third kappa shape index (κ3) is 3.26. The number of nitrogens with one attached hydrogen (secondary N) is 1. The van der Waals surface area contributed by atoms with Crippen molar-refractivity contribution in [3.8, 4) is 0 Å². The summed E-state index contributed by atoms with van der Waals surface area (Å²) in [5.74, 6) is -0.346. The van der Waals surface area contributed by atoms with Crippen LogP contribution in [0.1, 0.15) is 30.1 Å². The summed E-state index contributed by atoms with van der Waals surface area (Å²) in [6.07, 6.45) is 1.94. The molecule has 0 radical (unpaired) electrons. The maximum Gasteiger partial charge on any atom is 0.329 e. The summed E-state index contributed by atoms with van der Waals surface area (Å²) in [7, 11) is 0. The van der Waals surface area contributed by atoms with E-state index in [4.69, 9.17) is 4.74 Å². The Morgan fingerprint density at radius 3 is 2.67 bits per heavy atom. The zero-order valence-corrected chi connectivity index (χ0v) is 13.7. The van der Waals surface area contributed by atoms with Gasteiger partial charge in [0.05, 0.1) is 12.6 Å². The van der Waals surface area contributed by atoms with Crippen molar-refractivity contribution in [2.45, 2.75) is 25.8 Å². The maximum absolute atomic E-state index is 12.7. The van der Waals surface area contributed by atoms with Crippen molar-refractivity contribution in [2.24, 2.45) is 0 Å². The van der Waals surface area contributed by atoms with E-state index in [1.807, 2.05) is 11.8 Å². The number of imide groups is 1. The lowest BCUT2D eigenvalue weighted by Crippen LogP contribution is -2.38. The van der Waals surface area contributed by atoms with Gasteiger partial charge in [-0.2, -0.15) is 0 Å². The van der Waals surface area contributed by atoms with Gasteiger partial charge in [-0.1, -0.05) is 0 Å². The van der Waals surface area contributed by atoms with E-state index in [1.54, 1.807) is 24.3 Å². The lowest BCUT2D eigenvalue weighted by molar-refractivity contribution is -0.117. The highest BCUT2D eigenvalue weighted by atomic mass is 16.5. The average molecular weight is 331 g/mol. The molecule has 4 amide bonds. The largest absolute Gasteiger partial charge is 0.380 e. The number of carbonyl (C=O) groups excluding carboxylic acids is 3. The van der Waals surface area contributed by atoms with Crippen molar-refractivity contribution in [3.63, 3.8) is 0 Å². The molecule has 0 saturated carbocycles. The number of nitrogens with zero attached hydrogens (tertiary/aromatic N) is 2. The molecular weight excluding hydrogens is 310 g/mol. The van der Waals surface area contributed by atoms with Gasteiger partial charge in [0.1, 0.15) is 6.54 Å². The maximum atomic E-state index is 12.7. The van der Waals surface area contributed by atoms with E-state index in [0.29, 0.717) is 24.5 Å². The van der Waals surface area contributed by atoms with E-state index in [0.717, 1.165) is 19.4 Å². The first-order valence-electron chi connectivity index (χ1n) is 8.20. The molecule has 24 heavy (non-hydrogen) atoms. The minimum atomic E-state index is -0.435. The second kappa shape index (κ2) is 7.00. The second-order valence-electron chi connectivity index (χ2n) is 5.94. The number of anilines is 1. The quantitative estimate of drug-likeness (QED) is 0.827. The third-order valence-electron chi connectivity index (χ3n) is 4.37. The number of rotatable bonds is 5. The van der Waals surface area contributed by atoms with Crippen LogP contribution in [0.3, 0.4) is 0 Å². The van der Waals surface area contributed by atoms with E-state index < -0.39 is 6.03 Å². The van der Waals surface area contributed by atoms with Crippen molar-refractivity contribution in [1.82, 2.24) is 10.2 Å². The predicted octanol–water partition coefficient (Wildman–Crippen LogP) is 1.38.